The summed E-state index contributed by atoms with van der Waals surface area (Å²) in [4.78, 5) is 0. The third-order valence-corrected chi connectivity index (χ3v) is 3.80. The molecule has 0 aliphatic carbocycles. The molecule has 3 nitrogen and oxygen atoms in total. The number of halogens is 2. The molecule has 112 valence electrons. The molecule has 0 bridgehead atoms. The average Bonchev–Trinajstić information content (AvgIpc) is 2.85. The minimum atomic E-state index is -0.965. The molecule has 1 aliphatic heterocycles. The molecule has 1 aliphatic rings. The van der Waals surface area contributed by atoms with Crippen LogP contribution in [0, 0.1) is 17.6 Å². The summed E-state index contributed by atoms with van der Waals surface area (Å²) < 4.78 is 43.4. The van der Waals surface area contributed by atoms with Gasteiger partial charge in [0.2, 0.25) is 5.82 Å². The lowest BCUT2D eigenvalue weighted by molar-refractivity contribution is -0.0111. The molecule has 2 rings (SSSR count). The van der Waals surface area contributed by atoms with E-state index in [1.54, 1.807) is 13.2 Å². The van der Waals surface area contributed by atoms with E-state index in [0.717, 1.165) is 6.07 Å². The van der Waals surface area contributed by atoms with Crippen LogP contribution in [-0.4, -0.2) is 33.0 Å². The van der Waals surface area contributed by atoms with Crippen molar-refractivity contribution in [2.24, 2.45) is 5.92 Å². The van der Waals surface area contributed by atoms with E-state index < -0.39 is 11.6 Å². The Balaban J connectivity index is 2.39. The number of benzene rings is 1. The second-order valence-corrected chi connectivity index (χ2v) is 5.33. The zero-order valence-electron chi connectivity index (χ0n) is 12.2. The Kier molecular flexibility index (Phi) is 4.60. The SMILES string of the molecule is COc1c([C@@H]2CO[C@@H](C(C)C)[C@H]2OC)ccc(F)c1F. The molecular formula is C15H20F2O3. The maximum atomic E-state index is 13.8. The highest BCUT2D eigenvalue weighted by atomic mass is 19.2. The third-order valence-electron chi connectivity index (χ3n) is 3.80. The third kappa shape index (κ3) is 2.52. The largest absolute Gasteiger partial charge is 0.493 e. The van der Waals surface area contributed by atoms with Crippen molar-refractivity contribution in [3.8, 4) is 5.75 Å². The fraction of sp³-hybridized carbons (Fsp3) is 0.600. The van der Waals surface area contributed by atoms with E-state index in [0.29, 0.717) is 12.2 Å². The summed E-state index contributed by atoms with van der Waals surface area (Å²) in [6.45, 7) is 4.49. The van der Waals surface area contributed by atoms with Crippen LogP contribution in [0.3, 0.4) is 0 Å². The molecule has 5 heteroatoms. The Morgan fingerprint density at radius 2 is 1.95 bits per heavy atom. The Bertz CT molecular complexity index is 476. The van der Waals surface area contributed by atoms with Gasteiger partial charge in [-0.05, 0) is 12.0 Å². The van der Waals surface area contributed by atoms with Gasteiger partial charge in [0.15, 0.2) is 11.6 Å². The van der Waals surface area contributed by atoms with Crippen molar-refractivity contribution in [2.75, 3.05) is 20.8 Å². The first-order chi connectivity index (χ1) is 9.51. The van der Waals surface area contributed by atoms with E-state index in [-0.39, 0.29) is 29.8 Å². The van der Waals surface area contributed by atoms with Crippen molar-refractivity contribution in [3.05, 3.63) is 29.3 Å². The van der Waals surface area contributed by atoms with E-state index in [1.165, 1.54) is 7.11 Å². The average molecular weight is 286 g/mol. The van der Waals surface area contributed by atoms with Crippen LogP contribution >= 0.6 is 0 Å². The van der Waals surface area contributed by atoms with Crippen LogP contribution in [0.5, 0.6) is 5.75 Å². The Labute approximate surface area is 117 Å². The van der Waals surface area contributed by atoms with Crippen molar-refractivity contribution in [1.29, 1.82) is 0 Å². The lowest BCUT2D eigenvalue weighted by Gasteiger charge is -2.25. The minimum absolute atomic E-state index is 0.0648. The first-order valence-corrected chi connectivity index (χ1v) is 6.67. The van der Waals surface area contributed by atoms with Crippen LogP contribution in [0.4, 0.5) is 8.78 Å². The van der Waals surface area contributed by atoms with Gasteiger partial charge in [-0.2, -0.15) is 4.39 Å². The maximum Gasteiger partial charge on any atom is 0.200 e. The summed E-state index contributed by atoms with van der Waals surface area (Å²) in [5.74, 6) is -1.84. The molecule has 0 N–H and O–H groups in total. The van der Waals surface area contributed by atoms with E-state index in [2.05, 4.69) is 0 Å². The molecule has 1 fully saturated rings. The van der Waals surface area contributed by atoms with Crippen LogP contribution in [0.15, 0.2) is 12.1 Å². The molecule has 0 radical (unpaired) electrons. The summed E-state index contributed by atoms with van der Waals surface area (Å²) >= 11 is 0. The summed E-state index contributed by atoms with van der Waals surface area (Å²) in [5.41, 5.74) is 0.585. The monoisotopic (exact) mass is 286 g/mol. The fourth-order valence-corrected chi connectivity index (χ4v) is 2.82. The summed E-state index contributed by atoms with van der Waals surface area (Å²) in [6.07, 6.45) is -0.267. The lowest BCUT2D eigenvalue weighted by atomic mass is 9.89. The van der Waals surface area contributed by atoms with Crippen LogP contribution in [0.25, 0.3) is 0 Å². The highest BCUT2D eigenvalue weighted by Crippen LogP contribution is 2.40. The number of hydrogen-bond acceptors (Lipinski definition) is 3. The van der Waals surface area contributed by atoms with Crippen LogP contribution in [0.1, 0.15) is 25.3 Å². The van der Waals surface area contributed by atoms with Gasteiger partial charge < -0.3 is 14.2 Å². The summed E-state index contributed by atoms with van der Waals surface area (Å²) in [5, 5.41) is 0. The van der Waals surface area contributed by atoms with Gasteiger partial charge in [-0.3, -0.25) is 0 Å². The molecule has 1 saturated heterocycles. The van der Waals surface area contributed by atoms with Crippen LogP contribution in [0.2, 0.25) is 0 Å². The van der Waals surface area contributed by atoms with Crippen molar-refractivity contribution in [2.45, 2.75) is 32.0 Å². The number of rotatable bonds is 4. The van der Waals surface area contributed by atoms with E-state index in [4.69, 9.17) is 14.2 Å². The first kappa shape index (κ1) is 15.2. The maximum absolute atomic E-state index is 13.8. The Morgan fingerprint density at radius 1 is 1.25 bits per heavy atom. The molecule has 1 aromatic carbocycles. The minimum Gasteiger partial charge on any atom is -0.493 e. The second kappa shape index (κ2) is 6.06. The van der Waals surface area contributed by atoms with Gasteiger partial charge in [0.25, 0.3) is 0 Å². The number of hydrogen-bond donors (Lipinski definition) is 0. The van der Waals surface area contributed by atoms with Crippen LogP contribution < -0.4 is 4.74 Å². The van der Waals surface area contributed by atoms with Crippen molar-refractivity contribution in [1.82, 2.24) is 0 Å². The van der Waals surface area contributed by atoms with Gasteiger partial charge in [-0.1, -0.05) is 19.9 Å². The Hall–Kier alpha value is -1.20. The molecule has 0 unspecified atom stereocenters. The molecule has 0 aromatic heterocycles. The van der Waals surface area contributed by atoms with Gasteiger partial charge in [0.05, 0.1) is 25.9 Å². The molecule has 0 amide bonds. The van der Waals surface area contributed by atoms with E-state index >= 15 is 0 Å². The van der Waals surface area contributed by atoms with E-state index in [1.807, 2.05) is 13.8 Å². The zero-order chi connectivity index (χ0) is 14.9. The molecular weight excluding hydrogens is 266 g/mol. The predicted octanol–water partition coefficient (Wildman–Crippen LogP) is 3.13. The smallest absolute Gasteiger partial charge is 0.200 e. The summed E-state index contributed by atoms with van der Waals surface area (Å²) in [7, 11) is 2.94. The van der Waals surface area contributed by atoms with Crippen molar-refractivity contribution in [3.63, 3.8) is 0 Å². The quantitative estimate of drug-likeness (QED) is 0.851. The van der Waals surface area contributed by atoms with Gasteiger partial charge in [0.1, 0.15) is 0 Å². The normalized spacial score (nSPS) is 26.2. The molecule has 0 spiro atoms. The summed E-state index contributed by atoms with van der Waals surface area (Å²) in [6, 6.07) is 2.66. The Morgan fingerprint density at radius 3 is 2.50 bits per heavy atom. The predicted molar refractivity (Wildman–Crippen MR) is 71.0 cm³/mol. The standard InChI is InChI=1S/C15H20F2O3/c1-8(2)13-15(19-4)10(7-20-13)9-5-6-11(16)12(17)14(9)18-3/h5-6,8,10,13,15H,7H2,1-4H3/t10-,13-,15-/m0/s1. The zero-order valence-corrected chi connectivity index (χ0v) is 12.2. The highest BCUT2D eigenvalue weighted by Gasteiger charge is 2.41. The molecule has 20 heavy (non-hydrogen) atoms. The van der Waals surface area contributed by atoms with Crippen molar-refractivity contribution < 1.29 is 23.0 Å². The number of methoxy groups -OCH3 is 2. The number of ether oxygens (including phenoxy) is 3. The van der Waals surface area contributed by atoms with Crippen LogP contribution in [-0.2, 0) is 9.47 Å². The lowest BCUT2D eigenvalue weighted by Crippen LogP contribution is -2.31. The van der Waals surface area contributed by atoms with E-state index in [9.17, 15) is 8.78 Å². The molecule has 1 heterocycles. The van der Waals surface area contributed by atoms with Gasteiger partial charge in [-0.25, -0.2) is 4.39 Å². The topological polar surface area (TPSA) is 27.7 Å². The van der Waals surface area contributed by atoms with Crippen molar-refractivity contribution >= 4 is 0 Å². The highest BCUT2D eigenvalue weighted by molar-refractivity contribution is 5.40. The molecule has 0 saturated carbocycles. The molecule has 3 atom stereocenters. The fourth-order valence-electron chi connectivity index (χ4n) is 2.82. The second-order valence-electron chi connectivity index (χ2n) is 5.33. The van der Waals surface area contributed by atoms with Gasteiger partial charge in [-0.15, -0.1) is 0 Å². The first-order valence-electron chi connectivity index (χ1n) is 6.67. The molecule has 1 aromatic rings. The van der Waals surface area contributed by atoms with Gasteiger partial charge in [0, 0.05) is 18.6 Å². The van der Waals surface area contributed by atoms with Gasteiger partial charge >= 0.3 is 0 Å².